The van der Waals surface area contributed by atoms with E-state index in [1.807, 2.05) is 0 Å². The SMILES string of the molecule is O=P(O)(O)O.OCC(O)[CH2][Na]. The van der Waals surface area contributed by atoms with Gasteiger partial charge in [0.05, 0.1) is 0 Å². The monoisotopic (exact) mass is 196 g/mol. The molecule has 8 heteroatoms. The molecule has 11 heavy (non-hydrogen) atoms. The first kappa shape index (κ1) is 14.5. The molecule has 0 radical (unpaired) electrons. The molecule has 0 rings (SSSR count). The fourth-order valence-corrected chi connectivity index (χ4v) is 0.387. The molecule has 0 heterocycles. The van der Waals surface area contributed by atoms with Crippen LogP contribution in [-0.2, 0) is 4.57 Å². The minimum absolute atomic E-state index is 0.0799. The van der Waals surface area contributed by atoms with Crippen LogP contribution in [-0.4, -0.2) is 65.5 Å². The van der Waals surface area contributed by atoms with Crippen molar-refractivity contribution in [3.8, 4) is 0 Å². The van der Waals surface area contributed by atoms with Crippen molar-refractivity contribution in [1.29, 1.82) is 0 Å². The third kappa shape index (κ3) is 35.5. The van der Waals surface area contributed by atoms with Crippen LogP contribution in [0.25, 0.3) is 0 Å². The van der Waals surface area contributed by atoms with Crippen LogP contribution in [0.3, 0.4) is 0 Å². The van der Waals surface area contributed by atoms with E-state index in [9.17, 15) is 0 Å². The Bertz CT molecular complexity index is 111. The van der Waals surface area contributed by atoms with Crippen molar-refractivity contribution in [2.45, 2.75) is 9.77 Å². The second kappa shape index (κ2) is 7.67. The number of hydrogen-bond acceptors (Lipinski definition) is 3. The Balaban J connectivity index is 0. The molecule has 1 atom stereocenters. The normalized spacial score (nSPS) is 13.4. The van der Waals surface area contributed by atoms with Crippen LogP contribution in [0.4, 0.5) is 0 Å². The summed E-state index contributed by atoms with van der Waals surface area (Å²) in [7, 11) is -4.64. The van der Waals surface area contributed by atoms with Gasteiger partial charge in [-0.1, -0.05) is 0 Å². The summed E-state index contributed by atoms with van der Waals surface area (Å²) in [4.78, 5) is 21.6. The van der Waals surface area contributed by atoms with E-state index < -0.39 is 13.9 Å². The van der Waals surface area contributed by atoms with Gasteiger partial charge < -0.3 is 14.7 Å². The average Bonchev–Trinajstić information content (AvgIpc) is 1.83. The molecule has 5 N–H and O–H groups in total. The average molecular weight is 196 g/mol. The van der Waals surface area contributed by atoms with Gasteiger partial charge in [0.25, 0.3) is 0 Å². The molecule has 0 amide bonds. The molecule has 64 valence electrons. The summed E-state index contributed by atoms with van der Waals surface area (Å²) in [6.45, 7) is -0.0799. The van der Waals surface area contributed by atoms with Crippen molar-refractivity contribution in [1.82, 2.24) is 0 Å². The molecule has 0 bridgehead atoms. The molecular weight excluding hydrogens is 186 g/mol. The van der Waals surface area contributed by atoms with Crippen molar-refractivity contribution < 1.29 is 29.5 Å². The van der Waals surface area contributed by atoms with E-state index in [0.29, 0.717) is 0 Å². The van der Waals surface area contributed by atoms with Gasteiger partial charge in [-0.05, 0) is 0 Å². The van der Waals surface area contributed by atoms with Gasteiger partial charge in [-0.3, -0.25) is 0 Å². The molecule has 1 unspecified atom stereocenters. The van der Waals surface area contributed by atoms with Gasteiger partial charge in [0.15, 0.2) is 0 Å². The number of aliphatic hydroxyl groups excluding tert-OH is 2. The summed E-state index contributed by atoms with van der Waals surface area (Å²) in [6.07, 6.45) is -0.448. The molecule has 0 fully saturated rings. The molecular formula is C3H10NaO6P. The molecule has 0 aromatic heterocycles. The van der Waals surface area contributed by atoms with E-state index >= 15 is 0 Å². The van der Waals surface area contributed by atoms with Crippen molar-refractivity contribution in [3.63, 3.8) is 0 Å². The zero-order valence-corrected chi connectivity index (χ0v) is 8.98. The Labute approximate surface area is 81.5 Å². The summed E-state index contributed by atoms with van der Waals surface area (Å²) in [5.41, 5.74) is 0. The first-order chi connectivity index (χ1) is 4.81. The summed E-state index contributed by atoms with van der Waals surface area (Å²) < 4.78 is 9.66. The fraction of sp³-hybridized carbons (Fsp3) is 1.00. The third-order valence-corrected chi connectivity index (χ3v) is 1.62. The van der Waals surface area contributed by atoms with Gasteiger partial charge in [-0.2, -0.15) is 0 Å². The van der Waals surface area contributed by atoms with Gasteiger partial charge in [0.1, 0.15) is 0 Å². The summed E-state index contributed by atoms with van der Waals surface area (Å²) in [5, 5.41) is 16.6. The van der Waals surface area contributed by atoms with E-state index in [2.05, 4.69) is 0 Å². The zero-order valence-electron chi connectivity index (χ0n) is 6.08. The Hall–Kier alpha value is 1.03. The first-order valence-electron chi connectivity index (χ1n) is 2.88. The van der Waals surface area contributed by atoms with Gasteiger partial charge in [0, 0.05) is 0 Å². The molecule has 0 aromatic rings. The summed E-state index contributed by atoms with van der Waals surface area (Å²) in [6, 6.07) is 0. The maximum atomic E-state index is 8.88. The van der Waals surface area contributed by atoms with E-state index in [4.69, 9.17) is 29.5 Å². The molecule has 0 aromatic carbocycles. The molecule has 0 aliphatic carbocycles. The van der Waals surface area contributed by atoms with Crippen LogP contribution in [0.2, 0.25) is 3.67 Å². The van der Waals surface area contributed by atoms with Gasteiger partial charge in [-0.25, -0.2) is 4.57 Å². The molecule has 0 aliphatic heterocycles. The number of phosphoric acid groups is 1. The molecule has 0 saturated carbocycles. The molecule has 0 aliphatic rings. The number of rotatable bonds is 2. The van der Waals surface area contributed by atoms with Gasteiger partial charge in [-0.15, -0.1) is 0 Å². The van der Waals surface area contributed by atoms with Gasteiger partial charge >= 0.3 is 62.3 Å². The van der Waals surface area contributed by atoms with Crippen LogP contribution in [0.15, 0.2) is 0 Å². The Morgan fingerprint density at radius 2 is 1.64 bits per heavy atom. The Morgan fingerprint density at radius 3 is 1.64 bits per heavy atom. The van der Waals surface area contributed by atoms with Crippen molar-refractivity contribution in [2.24, 2.45) is 0 Å². The van der Waals surface area contributed by atoms with Gasteiger partial charge in [0.2, 0.25) is 0 Å². The minimum atomic E-state index is -4.64. The van der Waals surface area contributed by atoms with Crippen LogP contribution >= 0.6 is 7.82 Å². The summed E-state index contributed by atoms with van der Waals surface area (Å²) >= 11 is 0.972. The zero-order chi connectivity index (χ0) is 9.49. The topological polar surface area (TPSA) is 118 Å². The number of hydrogen-bond donors (Lipinski definition) is 5. The summed E-state index contributed by atoms with van der Waals surface area (Å²) in [5.74, 6) is 0. The van der Waals surface area contributed by atoms with E-state index in [1.165, 1.54) is 0 Å². The predicted octanol–water partition coefficient (Wildman–Crippen LogP) is -2.00. The second-order valence-electron chi connectivity index (χ2n) is 1.76. The van der Waals surface area contributed by atoms with Crippen molar-refractivity contribution in [2.75, 3.05) is 6.61 Å². The van der Waals surface area contributed by atoms with Crippen LogP contribution in [0.5, 0.6) is 0 Å². The fourth-order valence-electron chi connectivity index (χ4n) is 0.129. The van der Waals surface area contributed by atoms with E-state index in [0.717, 1.165) is 31.6 Å². The Morgan fingerprint density at radius 1 is 1.36 bits per heavy atom. The maximum absolute atomic E-state index is 8.88. The Kier molecular flexibility index (Phi) is 10.1. The standard InChI is InChI=1S/C3H7O2.Na.H3O4P/c1-3(5)2-4;;1-5(2,3)4/h3-5H,1-2H2;;(H3,1,2,3,4). The van der Waals surface area contributed by atoms with Crippen molar-refractivity contribution in [3.05, 3.63) is 0 Å². The quantitative estimate of drug-likeness (QED) is 0.257. The number of aliphatic hydroxyl groups is 2. The van der Waals surface area contributed by atoms with E-state index in [1.54, 1.807) is 0 Å². The molecule has 6 nitrogen and oxygen atoms in total. The second-order valence-corrected chi connectivity index (χ2v) is 3.60. The third-order valence-electron chi connectivity index (χ3n) is 0.682. The first-order valence-corrected chi connectivity index (χ1v) is 5.86. The predicted molar refractivity (Wildman–Crippen MR) is 37.9 cm³/mol. The van der Waals surface area contributed by atoms with E-state index in [-0.39, 0.29) is 6.61 Å². The molecule has 0 spiro atoms. The van der Waals surface area contributed by atoms with Crippen LogP contribution in [0.1, 0.15) is 0 Å². The van der Waals surface area contributed by atoms with Crippen LogP contribution < -0.4 is 0 Å². The molecule has 0 saturated heterocycles. The van der Waals surface area contributed by atoms with Crippen LogP contribution in [0, 0.1) is 0 Å². The van der Waals surface area contributed by atoms with Crippen molar-refractivity contribution >= 4 is 35.8 Å².